The van der Waals surface area contributed by atoms with Crippen LogP contribution in [0.1, 0.15) is 38.5 Å². The summed E-state index contributed by atoms with van der Waals surface area (Å²) < 4.78 is 35.1. The van der Waals surface area contributed by atoms with Gasteiger partial charge in [0.15, 0.2) is 0 Å². The van der Waals surface area contributed by atoms with Crippen LogP contribution in [-0.4, -0.2) is 89.9 Å². The van der Waals surface area contributed by atoms with E-state index in [1.165, 1.54) is 25.7 Å². The summed E-state index contributed by atoms with van der Waals surface area (Å²) in [7, 11) is 2.79. The van der Waals surface area contributed by atoms with Gasteiger partial charge in [-0.1, -0.05) is 24.3 Å². The van der Waals surface area contributed by atoms with Crippen molar-refractivity contribution in [3.63, 3.8) is 0 Å². The lowest BCUT2D eigenvalue weighted by atomic mass is 9.95. The predicted molar refractivity (Wildman–Crippen MR) is 126 cm³/mol. The number of quaternary nitrogens is 2. The molecule has 0 aromatic carbocycles. The Hall–Kier alpha value is -1.93. The zero-order chi connectivity index (χ0) is 26.6. The zero-order valence-corrected chi connectivity index (χ0v) is 21.7. The molecule has 13 heteroatoms. The van der Waals surface area contributed by atoms with Gasteiger partial charge in [0.1, 0.15) is 12.1 Å². The van der Waals surface area contributed by atoms with E-state index in [9.17, 15) is 20.2 Å². The van der Waals surface area contributed by atoms with E-state index in [0.29, 0.717) is 32.9 Å². The number of allylic oxidation sites excluding steroid dienone is 2. The van der Waals surface area contributed by atoms with E-state index >= 15 is 0 Å². The molecular formula is C22H38N4O8S. The van der Waals surface area contributed by atoms with Crippen LogP contribution in [0, 0.1) is 43.9 Å². The third kappa shape index (κ3) is 9.22. The molecule has 2 saturated carbocycles. The Kier molecular flexibility index (Phi) is 9.56. The third-order valence-corrected chi connectivity index (χ3v) is 7.81. The number of rotatable bonds is 6. The molecule has 0 heterocycles. The van der Waals surface area contributed by atoms with E-state index in [-0.39, 0.29) is 23.2 Å². The van der Waals surface area contributed by atoms with Crippen molar-refractivity contribution >= 4 is 10.4 Å². The molecule has 0 amide bonds. The van der Waals surface area contributed by atoms with Gasteiger partial charge in [-0.2, -0.15) is 0 Å². The second kappa shape index (κ2) is 11.4. The van der Waals surface area contributed by atoms with Crippen molar-refractivity contribution in [2.24, 2.45) is 23.7 Å². The molecule has 200 valence electrons. The van der Waals surface area contributed by atoms with Gasteiger partial charge in [0.2, 0.25) is 0 Å². The summed E-state index contributed by atoms with van der Waals surface area (Å²) in [5.74, 6) is 2.68. The molecule has 0 aliphatic heterocycles. The number of hydrogen-bond donors (Lipinski definition) is 0. The highest BCUT2D eigenvalue weighted by atomic mass is 32.3. The van der Waals surface area contributed by atoms with Gasteiger partial charge in [-0.05, 0) is 37.5 Å². The Balaban J connectivity index is 0.000000208. The SMILES string of the molecule is C[N+](C)(C[N+](=O)[O-])C1CC2CC=CC1C2.C[N+](C)(C[N+](=O)[O-])C1CC2CC=CC1C2.O=S(=O)([O-])[O-]. The molecule has 6 atom stereocenters. The average molecular weight is 519 g/mol. The lowest BCUT2D eigenvalue weighted by Crippen LogP contribution is -2.52. The molecule has 0 spiro atoms. The van der Waals surface area contributed by atoms with Crippen molar-refractivity contribution in [2.75, 3.05) is 41.5 Å². The molecule has 2 fully saturated rings. The fraction of sp³-hybridized carbons (Fsp3) is 0.818. The predicted octanol–water partition coefficient (Wildman–Crippen LogP) is 1.97. The number of nitrogens with zero attached hydrogens (tertiary/aromatic N) is 4. The largest absolute Gasteiger partial charge is 0.759 e. The maximum absolute atomic E-state index is 10.6. The highest BCUT2D eigenvalue weighted by molar-refractivity contribution is 7.79. The van der Waals surface area contributed by atoms with Crippen LogP contribution in [0.5, 0.6) is 0 Å². The van der Waals surface area contributed by atoms with Gasteiger partial charge in [0, 0.05) is 35.1 Å². The van der Waals surface area contributed by atoms with Gasteiger partial charge in [-0.15, -0.1) is 0 Å². The Morgan fingerprint density at radius 2 is 1.06 bits per heavy atom. The summed E-state index contributed by atoms with van der Waals surface area (Å²) in [5, 5.41) is 21.3. The average Bonchev–Trinajstić information content (AvgIpc) is 3.14. The first-order chi connectivity index (χ1) is 16.0. The fourth-order valence-electron chi connectivity index (χ4n) is 6.41. The van der Waals surface area contributed by atoms with Gasteiger partial charge in [-0.3, -0.25) is 37.6 Å². The molecule has 0 radical (unpaired) electrons. The monoisotopic (exact) mass is 518 g/mol. The minimum absolute atomic E-state index is 0.0434. The highest BCUT2D eigenvalue weighted by Gasteiger charge is 2.46. The van der Waals surface area contributed by atoms with Crippen LogP contribution in [0.3, 0.4) is 0 Å². The van der Waals surface area contributed by atoms with Crippen molar-refractivity contribution in [3.05, 3.63) is 44.5 Å². The first-order valence-electron chi connectivity index (χ1n) is 11.9. The number of fused-ring (bicyclic) bond motifs is 4. The Labute approximate surface area is 207 Å². The summed E-state index contributed by atoms with van der Waals surface area (Å²) in [6.45, 7) is 0.0868. The minimum atomic E-state index is -5.17. The maximum Gasteiger partial charge on any atom is 0.328 e. The summed E-state index contributed by atoms with van der Waals surface area (Å²) in [5.41, 5.74) is 0. The van der Waals surface area contributed by atoms with Crippen LogP contribution in [-0.2, 0) is 10.4 Å². The van der Waals surface area contributed by atoms with Gasteiger partial charge >= 0.3 is 13.3 Å². The molecule has 4 rings (SSSR count). The van der Waals surface area contributed by atoms with Crippen molar-refractivity contribution in [3.8, 4) is 0 Å². The van der Waals surface area contributed by atoms with Gasteiger partial charge in [0.25, 0.3) is 0 Å². The smallest absolute Gasteiger partial charge is 0.328 e. The first-order valence-corrected chi connectivity index (χ1v) is 13.2. The molecule has 4 bridgehead atoms. The van der Waals surface area contributed by atoms with Crippen molar-refractivity contribution in [1.82, 2.24) is 0 Å². The molecule has 0 aromatic heterocycles. The molecular weight excluding hydrogens is 480 g/mol. The summed E-state index contributed by atoms with van der Waals surface area (Å²) in [6, 6.07) is 0.887. The van der Waals surface area contributed by atoms with E-state index in [0.717, 1.165) is 24.7 Å². The van der Waals surface area contributed by atoms with E-state index in [1.807, 2.05) is 28.2 Å². The molecule has 12 nitrogen and oxygen atoms in total. The van der Waals surface area contributed by atoms with Crippen LogP contribution in [0.25, 0.3) is 0 Å². The Morgan fingerprint density at radius 1 is 0.743 bits per heavy atom. The Bertz CT molecular complexity index is 866. The second-order valence-corrected chi connectivity index (χ2v) is 12.2. The summed E-state index contributed by atoms with van der Waals surface area (Å²) >= 11 is 0. The molecule has 4 aliphatic rings. The summed E-state index contributed by atoms with van der Waals surface area (Å²) in [4.78, 5) is 20.9. The van der Waals surface area contributed by atoms with Crippen LogP contribution < -0.4 is 0 Å². The molecule has 0 N–H and O–H groups in total. The summed E-state index contributed by atoms with van der Waals surface area (Å²) in [6.07, 6.45) is 16.2. The van der Waals surface area contributed by atoms with Crippen LogP contribution in [0.15, 0.2) is 24.3 Å². The van der Waals surface area contributed by atoms with E-state index in [2.05, 4.69) is 24.3 Å². The normalized spacial score (nSPS) is 31.1. The lowest BCUT2D eigenvalue weighted by Gasteiger charge is -2.34. The van der Waals surface area contributed by atoms with E-state index in [1.54, 1.807) is 0 Å². The number of hydrogen-bond acceptors (Lipinski definition) is 8. The van der Waals surface area contributed by atoms with Crippen molar-refractivity contribution in [1.29, 1.82) is 0 Å². The third-order valence-electron chi connectivity index (χ3n) is 7.81. The Morgan fingerprint density at radius 3 is 1.31 bits per heavy atom. The van der Waals surface area contributed by atoms with E-state index < -0.39 is 10.4 Å². The minimum Gasteiger partial charge on any atom is -0.759 e. The van der Waals surface area contributed by atoms with Crippen LogP contribution in [0.2, 0.25) is 0 Å². The zero-order valence-electron chi connectivity index (χ0n) is 20.9. The van der Waals surface area contributed by atoms with Crippen molar-refractivity contribution < 1.29 is 36.3 Å². The van der Waals surface area contributed by atoms with Crippen LogP contribution in [0.4, 0.5) is 0 Å². The molecule has 0 saturated heterocycles. The fourth-order valence-corrected chi connectivity index (χ4v) is 6.41. The highest BCUT2D eigenvalue weighted by Crippen LogP contribution is 2.43. The quantitative estimate of drug-likeness (QED) is 0.0978. The second-order valence-electron chi connectivity index (χ2n) is 11.4. The van der Waals surface area contributed by atoms with Gasteiger partial charge < -0.3 is 9.11 Å². The standard InChI is InChI=1S/2C11H19N2O2.H2O4S/c2*1-13(2,8-12(14)15)11-7-9-4-3-5-10(11)6-9;1-5(2,3)4/h2*3,5,9-11H,4,6-8H2,1-2H3;(H2,1,2,3,4)/q2*+1;/p-2. The molecule has 35 heavy (non-hydrogen) atoms. The lowest BCUT2D eigenvalue weighted by molar-refractivity contribution is -0.981. The maximum atomic E-state index is 10.6. The van der Waals surface area contributed by atoms with Gasteiger partial charge in [0.05, 0.1) is 38.0 Å². The molecule has 0 aromatic rings. The molecule has 4 aliphatic carbocycles. The van der Waals surface area contributed by atoms with E-state index in [4.69, 9.17) is 17.5 Å². The topological polar surface area (TPSA) is 167 Å². The first kappa shape index (κ1) is 29.3. The van der Waals surface area contributed by atoms with Gasteiger partial charge in [-0.25, -0.2) is 0 Å². The van der Waals surface area contributed by atoms with Crippen molar-refractivity contribution in [2.45, 2.75) is 50.6 Å². The van der Waals surface area contributed by atoms with Crippen LogP contribution >= 0.6 is 0 Å². The molecule has 6 unspecified atom stereocenters. The number of nitro groups is 2.